The third kappa shape index (κ3) is 20.3. The lowest BCUT2D eigenvalue weighted by Crippen LogP contribution is -2.61. The number of aliphatic hydroxyl groups is 4. The van der Waals surface area contributed by atoms with Crippen molar-refractivity contribution in [1.82, 2.24) is 4.90 Å². The average Bonchev–Trinajstić information content (AvgIpc) is 3.46. The largest absolute Gasteiger partial charge is 0.460 e. The van der Waals surface area contributed by atoms with Crippen molar-refractivity contribution < 1.29 is 77.5 Å². The zero-order valence-corrected chi connectivity index (χ0v) is 48.4. The van der Waals surface area contributed by atoms with E-state index in [1.807, 2.05) is 52.0 Å². The Morgan fingerprint density at radius 3 is 2.19 bits per heavy atom. The Bertz CT molecular complexity index is 2040. The van der Waals surface area contributed by atoms with E-state index in [2.05, 4.69) is 24.1 Å². The highest BCUT2D eigenvalue weighted by Crippen LogP contribution is 2.38. The van der Waals surface area contributed by atoms with Crippen molar-refractivity contribution in [3.05, 3.63) is 47.6 Å². The van der Waals surface area contributed by atoms with Gasteiger partial charge in [0.1, 0.15) is 37.6 Å². The smallest absolute Gasteiger partial charge is 0.329 e. The fourth-order valence-electron chi connectivity index (χ4n) is 11.2. The van der Waals surface area contributed by atoms with E-state index in [0.29, 0.717) is 95.5 Å². The number of carbonyl (C=O) groups excluding carboxylic acids is 3. The van der Waals surface area contributed by atoms with Crippen LogP contribution in [0.4, 0.5) is 0 Å². The molecule has 0 aromatic carbocycles. The van der Waals surface area contributed by atoms with Crippen LogP contribution in [0.15, 0.2) is 52.8 Å². The van der Waals surface area contributed by atoms with Crippen LogP contribution in [0.25, 0.3) is 0 Å². The minimum Gasteiger partial charge on any atom is -0.460 e. The van der Waals surface area contributed by atoms with E-state index < -0.39 is 84.1 Å². The molecule has 3 fully saturated rings. The first kappa shape index (κ1) is 66.7. The second-order valence-electron chi connectivity index (χ2n) is 22.2. The first-order valence-corrected chi connectivity index (χ1v) is 28.4. The number of hydrogen-bond acceptors (Lipinski definition) is 17. The number of fused-ring (bicyclic) bond motifs is 3. The number of cyclic esters (lactones) is 1. The van der Waals surface area contributed by atoms with Crippen LogP contribution in [0, 0.1) is 47.9 Å². The SMILES string of the molecule is C#CCOCCOCCOCCON=C1[C@H](C)C[C@H](C)/C=C/C=C/C=C(\C)[C@@H](OC)C[C@@H]2CC[C@@H](C)[C@@](O)(O2)C(=O)C(=O)N2CCCC[C@H]2C(=O)O[C@H]([C@H](C)C[C@@H]2CC[C@@H](O)[C@H](OC)C2)C[C@@H](O)[C@H](C)/C=C(\C)[C@@H](O)[C@H]1OC. The fraction of sp³-hybridized carbons (Fsp3) is 0.767. The van der Waals surface area contributed by atoms with E-state index >= 15 is 0 Å². The summed E-state index contributed by atoms with van der Waals surface area (Å²) in [6, 6.07) is -1.12. The molecule has 4 N–H and O–H groups in total. The zero-order valence-electron chi connectivity index (χ0n) is 48.4. The summed E-state index contributed by atoms with van der Waals surface area (Å²) in [4.78, 5) is 50.4. The van der Waals surface area contributed by atoms with Gasteiger partial charge in [-0.25, -0.2) is 4.79 Å². The maximum Gasteiger partial charge on any atom is 0.329 e. The molecule has 1 amide bonds. The molecule has 1 aliphatic carbocycles. The highest BCUT2D eigenvalue weighted by atomic mass is 16.6. The Kier molecular flexibility index (Phi) is 29.4. The van der Waals surface area contributed by atoms with Crippen LogP contribution in [0.1, 0.15) is 126 Å². The number of ketones is 1. The normalized spacial score (nSPS) is 37.0. The van der Waals surface area contributed by atoms with Gasteiger partial charge in [0, 0.05) is 58.5 Å². The average molecular weight is 1100 g/mol. The predicted octanol–water partition coefficient (Wildman–Crippen LogP) is 6.46. The van der Waals surface area contributed by atoms with E-state index in [4.69, 9.17) is 49.2 Å². The summed E-state index contributed by atoms with van der Waals surface area (Å²) in [7, 11) is 4.68. The van der Waals surface area contributed by atoms with Crippen LogP contribution in [-0.4, -0.2) is 183 Å². The summed E-state index contributed by atoms with van der Waals surface area (Å²) >= 11 is 0. The van der Waals surface area contributed by atoms with Gasteiger partial charge in [0.15, 0.2) is 0 Å². The van der Waals surface area contributed by atoms with Crippen molar-refractivity contribution in [2.75, 3.05) is 74.1 Å². The standard InChI is InChI=1S/C60H96N2O16/c1-12-26-73-27-28-74-29-30-75-31-32-76-61-54-43(6)33-39(2)18-14-13-15-19-40(3)51(70-9)37-47-23-21-45(8)60(69,78-47)57(66)58(67)62-25-17-16-20-48(62)59(68)77-52(42(5)35-46-22-24-49(63)53(36-46)71-10)38-50(64)41(4)34-44(7)55(65)56(54)72-11/h1,13-15,18-19,34,39,41-43,45-53,55-56,63-65,69H,16-17,20-33,35-38H2,2-11H3/b15-13+,18-14+,40-19+,44-34+,61-54?/t39-,41-,42-,43-,45-,46+,47+,48+,49-,50-,51+,52+,53-,55-,56+,60-/m1/s1. The van der Waals surface area contributed by atoms with Crippen molar-refractivity contribution in [1.29, 1.82) is 0 Å². The minimum atomic E-state index is -2.43. The lowest BCUT2D eigenvalue weighted by Gasteiger charge is -2.43. The summed E-state index contributed by atoms with van der Waals surface area (Å²) in [6.07, 6.45) is 16.6. The first-order valence-electron chi connectivity index (χ1n) is 28.4. The number of nitrogens with zero attached hydrogens (tertiary/aromatic N) is 2. The summed E-state index contributed by atoms with van der Waals surface area (Å²) in [6.45, 7) is 15.4. The number of esters is 1. The molecule has 2 saturated heterocycles. The topological polar surface area (TPSA) is 231 Å². The van der Waals surface area contributed by atoms with Gasteiger partial charge < -0.3 is 68.1 Å². The molecule has 4 rings (SSSR count). The monoisotopic (exact) mass is 1100 g/mol. The molecule has 2 bridgehead atoms. The molecule has 78 heavy (non-hydrogen) atoms. The summed E-state index contributed by atoms with van der Waals surface area (Å²) in [5, 5.41) is 51.3. The minimum absolute atomic E-state index is 0.0151. The van der Waals surface area contributed by atoms with Crippen molar-refractivity contribution in [2.24, 2.45) is 40.7 Å². The molecule has 0 spiro atoms. The number of Topliss-reactive ketones (excluding diaryl/α,β-unsaturated/α-hetero) is 1. The number of aliphatic hydroxyl groups excluding tert-OH is 3. The molecule has 4 aliphatic rings. The number of hydrogen-bond donors (Lipinski definition) is 4. The Labute approximate surface area is 465 Å². The Morgan fingerprint density at radius 1 is 0.808 bits per heavy atom. The van der Waals surface area contributed by atoms with Crippen molar-refractivity contribution >= 4 is 23.4 Å². The molecular weight excluding hydrogens is 1000 g/mol. The van der Waals surface area contributed by atoms with Crippen LogP contribution in [0.2, 0.25) is 0 Å². The maximum atomic E-state index is 14.6. The number of allylic oxidation sites excluding steroid dienone is 5. The number of terminal acetylenes is 1. The molecule has 0 radical (unpaired) electrons. The third-order valence-corrected chi connectivity index (χ3v) is 16.1. The number of amides is 1. The van der Waals surface area contributed by atoms with Crippen molar-refractivity contribution in [3.63, 3.8) is 0 Å². The van der Waals surface area contributed by atoms with E-state index in [-0.39, 0.29) is 69.0 Å². The molecule has 3 aliphatic heterocycles. The Balaban J connectivity index is 1.69. The molecule has 18 heteroatoms. The molecule has 18 nitrogen and oxygen atoms in total. The maximum absolute atomic E-state index is 14.6. The quantitative estimate of drug-likeness (QED) is 0.0306. The molecule has 0 unspecified atom stereocenters. The van der Waals surface area contributed by atoms with Crippen molar-refractivity contribution in [3.8, 4) is 12.3 Å². The molecule has 0 aromatic heterocycles. The molecule has 16 atom stereocenters. The zero-order chi connectivity index (χ0) is 57.4. The number of piperidine rings is 1. The summed E-state index contributed by atoms with van der Waals surface area (Å²) < 4.78 is 46.6. The van der Waals surface area contributed by atoms with E-state index in [9.17, 15) is 34.8 Å². The van der Waals surface area contributed by atoms with Crippen molar-refractivity contribution in [2.45, 2.75) is 186 Å². The van der Waals surface area contributed by atoms with E-state index in [1.54, 1.807) is 34.1 Å². The van der Waals surface area contributed by atoms with Gasteiger partial charge in [-0.2, -0.15) is 0 Å². The third-order valence-electron chi connectivity index (χ3n) is 16.1. The Hall–Kier alpha value is -3.84. The predicted molar refractivity (Wildman–Crippen MR) is 296 cm³/mol. The second-order valence-corrected chi connectivity index (χ2v) is 22.2. The van der Waals surface area contributed by atoms with Crippen LogP contribution < -0.4 is 0 Å². The molecule has 1 saturated carbocycles. The van der Waals surface area contributed by atoms with Crippen LogP contribution >= 0.6 is 0 Å². The lowest BCUT2D eigenvalue weighted by atomic mass is 9.78. The van der Waals surface area contributed by atoms with Gasteiger partial charge in [0.2, 0.25) is 5.79 Å². The summed E-state index contributed by atoms with van der Waals surface area (Å²) in [5.74, 6) is -4.46. The molecule has 442 valence electrons. The number of carbonyl (C=O) groups is 3. The Morgan fingerprint density at radius 2 is 1.51 bits per heavy atom. The molecular formula is C60H96N2O16. The van der Waals surface area contributed by atoms with Gasteiger partial charge in [0.25, 0.3) is 11.7 Å². The van der Waals surface area contributed by atoms with Crippen LogP contribution in [-0.2, 0) is 57.1 Å². The first-order chi connectivity index (χ1) is 37.3. The highest BCUT2D eigenvalue weighted by Gasteiger charge is 2.53. The highest BCUT2D eigenvalue weighted by molar-refractivity contribution is 6.39. The van der Waals surface area contributed by atoms with Gasteiger partial charge in [-0.3, -0.25) is 9.59 Å². The van der Waals surface area contributed by atoms with E-state index in [1.165, 1.54) is 12.0 Å². The number of methoxy groups -OCH3 is 3. The van der Waals surface area contributed by atoms with E-state index in [0.717, 1.165) is 12.0 Å². The molecule has 3 heterocycles. The second kappa shape index (κ2) is 34.4. The number of rotatable bonds is 17. The summed E-state index contributed by atoms with van der Waals surface area (Å²) in [5.41, 5.74) is 1.89. The van der Waals surface area contributed by atoms with Crippen LogP contribution in [0.3, 0.4) is 0 Å². The fourth-order valence-corrected chi connectivity index (χ4v) is 11.2. The number of ether oxygens (including phenoxy) is 8. The van der Waals surface area contributed by atoms with Gasteiger partial charge in [-0.1, -0.05) is 82.2 Å². The van der Waals surface area contributed by atoms with Gasteiger partial charge >= 0.3 is 5.97 Å². The van der Waals surface area contributed by atoms with Gasteiger partial charge in [-0.15, -0.1) is 6.42 Å². The number of oxime groups is 1. The molecule has 0 aromatic rings. The van der Waals surface area contributed by atoms with Gasteiger partial charge in [0.05, 0.1) is 69.3 Å². The lowest BCUT2D eigenvalue weighted by molar-refractivity contribution is -0.265. The van der Waals surface area contributed by atoms with Crippen LogP contribution in [0.5, 0.6) is 0 Å². The van der Waals surface area contributed by atoms with Gasteiger partial charge in [-0.05, 0) is 107 Å².